The summed E-state index contributed by atoms with van der Waals surface area (Å²) in [4.78, 5) is 36.3. The molecule has 0 spiro atoms. The third-order valence-corrected chi connectivity index (χ3v) is 6.28. The lowest BCUT2D eigenvalue weighted by atomic mass is 10.2. The monoisotopic (exact) mass is 482 g/mol. The highest BCUT2D eigenvalue weighted by molar-refractivity contribution is 7.98. The van der Waals surface area contributed by atoms with Gasteiger partial charge in [-0.15, -0.1) is 11.8 Å². The van der Waals surface area contributed by atoms with Gasteiger partial charge in [0.2, 0.25) is 10.0 Å². The van der Waals surface area contributed by atoms with Crippen LogP contribution >= 0.6 is 11.8 Å². The highest BCUT2D eigenvalue weighted by Gasteiger charge is 2.23. The first kappa shape index (κ1) is 25.1. The Labute approximate surface area is 189 Å². The van der Waals surface area contributed by atoms with Gasteiger partial charge in [0.1, 0.15) is 12.2 Å². The normalized spacial score (nSPS) is 11.0. The molecule has 2 aromatic carbocycles. The van der Waals surface area contributed by atoms with Gasteiger partial charge >= 0.3 is 5.97 Å². The van der Waals surface area contributed by atoms with Crippen molar-refractivity contribution in [1.82, 2.24) is 4.72 Å². The molecule has 172 valence electrons. The Balaban J connectivity index is 1.95. The maximum absolute atomic E-state index is 12.4. The Bertz CT molecular complexity index is 1120. The quantitative estimate of drug-likeness (QED) is 0.224. The molecule has 0 atom stereocenters. The number of amides is 1. The number of rotatable bonds is 10. The minimum absolute atomic E-state index is 0.224. The lowest BCUT2D eigenvalue weighted by Gasteiger charge is -2.14. The van der Waals surface area contributed by atoms with E-state index in [2.05, 4.69) is 5.32 Å². The number of nitro groups is 1. The molecule has 0 aliphatic carbocycles. The summed E-state index contributed by atoms with van der Waals surface area (Å²) in [6.07, 6.45) is 1.85. The molecule has 11 nitrogen and oxygen atoms in total. The van der Waals surface area contributed by atoms with Crippen LogP contribution in [0.2, 0.25) is 0 Å². The largest absolute Gasteiger partial charge is 0.455 e. The summed E-state index contributed by atoms with van der Waals surface area (Å²) in [5.41, 5.74) is 0.384. The molecular formula is C19H22N4O7S2. The molecule has 2 rings (SSSR count). The molecule has 0 radical (unpaired) electrons. The number of ether oxygens (including phenoxy) is 1. The fourth-order valence-corrected chi connectivity index (χ4v) is 4.11. The maximum Gasteiger partial charge on any atom is 0.321 e. The minimum atomic E-state index is -4.23. The van der Waals surface area contributed by atoms with Crippen molar-refractivity contribution in [2.45, 2.75) is 9.79 Å². The number of carbonyl (C=O) groups is 2. The molecule has 13 heteroatoms. The van der Waals surface area contributed by atoms with E-state index >= 15 is 0 Å². The number of hydrogen-bond donors (Lipinski definition) is 2. The zero-order valence-electron chi connectivity index (χ0n) is 17.5. The number of esters is 1. The minimum Gasteiger partial charge on any atom is -0.455 e. The molecule has 0 aliphatic rings. The van der Waals surface area contributed by atoms with Crippen molar-refractivity contribution in [3.8, 4) is 0 Å². The van der Waals surface area contributed by atoms with Gasteiger partial charge in [0.15, 0.2) is 6.61 Å². The molecule has 32 heavy (non-hydrogen) atoms. The van der Waals surface area contributed by atoms with Crippen molar-refractivity contribution >= 4 is 50.7 Å². The Morgan fingerprint density at radius 3 is 2.50 bits per heavy atom. The number of para-hydroxylation sites is 1. The molecule has 0 fully saturated rings. The van der Waals surface area contributed by atoms with Gasteiger partial charge in [-0.05, 0) is 30.5 Å². The topological polar surface area (TPSA) is 148 Å². The number of nitro benzene ring substituents is 1. The maximum atomic E-state index is 12.4. The molecular weight excluding hydrogens is 460 g/mol. The fraction of sp³-hybridized carbons (Fsp3) is 0.263. The van der Waals surface area contributed by atoms with E-state index in [1.807, 2.05) is 23.1 Å². The SMILES string of the molecule is CSc1ccccc1NC(=O)COC(=O)CNS(=O)(=O)c1ccc(N(C)C)c([N+](=O)[O-])c1. The van der Waals surface area contributed by atoms with Crippen molar-refractivity contribution in [3.05, 3.63) is 52.6 Å². The molecule has 0 unspecified atom stereocenters. The van der Waals surface area contributed by atoms with Crippen LogP contribution in [0.5, 0.6) is 0 Å². The van der Waals surface area contributed by atoms with Gasteiger partial charge in [-0.2, -0.15) is 4.72 Å². The summed E-state index contributed by atoms with van der Waals surface area (Å²) in [6, 6.07) is 10.5. The molecule has 2 aromatic rings. The molecule has 0 aliphatic heterocycles. The second-order valence-electron chi connectivity index (χ2n) is 6.54. The van der Waals surface area contributed by atoms with E-state index in [1.54, 1.807) is 26.2 Å². The van der Waals surface area contributed by atoms with Crippen LogP contribution in [-0.2, 0) is 24.3 Å². The van der Waals surface area contributed by atoms with E-state index in [4.69, 9.17) is 4.74 Å². The zero-order valence-corrected chi connectivity index (χ0v) is 19.2. The Kier molecular flexibility index (Phi) is 8.57. The summed E-state index contributed by atoms with van der Waals surface area (Å²) in [7, 11) is -1.06. The van der Waals surface area contributed by atoms with Crippen LogP contribution in [0, 0.1) is 10.1 Å². The van der Waals surface area contributed by atoms with Gasteiger partial charge in [0.05, 0.1) is 15.5 Å². The van der Waals surface area contributed by atoms with E-state index in [1.165, 1.54) is 28.8 Å². The third-order valence-electron chi connectivity index (χ3n) is 4.09. The number of anilines is 2. The van der Waals surface area contributed by atoms with E-state index in [0.29, 0.717) is 5.69 Å². The van der Waals surface area contributed by atoms with Crippen LogP contribution in [-0.4, -0.2) is 58.7 Å². The molecule has 2 N–H and O–H groups in total. The van der Waals surface area contributed by atoms with Crippen LogP contribution in [0.15, 0.2) is 52.3 Å². The number of carbonyl (C=O) groups excluding carboxylic acids is 2. The highest BCUT2D eigenvalue weighted by Crippen LogP contribution is 2.29. The first-order valence-electron chi connectivity index (χ1n) is 9.09. The number of thioether (sulfide) groups is 1. The van der Waals surface area contributed by atoms with Crippen LogP contribution in [0.1, 0.15) is 0 Å². The summed E-state index contributed by atoms with van der Waals surface area (Å²) in [6.45, 7) is -1.35. The highest BCUT2D eigenvalue weighted by atomic mass is 32.2. The molecule has 0 saturated carbocycles. The number of nitrogens with one attached hydrogen (secondary N) is 2. The lowest BCUT2D eigenvalue weighted by molar-refractivity contribution is -0.384. The number of benzene rings is 2. The molecule has 0 aromatic heterocycles. The molecule has 0 saturated heterocycles. The van der Waals surface area contributed by atoms with Crippen molar-refractivity contribution in [2.75, 3.05) is 43.7 Å². The van der Waals surface area contributed by atoms with Gasteiger partial charge in [0.25, 0.3) is 11.6 Å². The molecule has 0 bridgehead atoms. The van der Waals surface area contributed by atoms with Crippen LogP contribution in [0.4, 0.5) is 17.1 Å². The third kappa shape index (κ3) is 6.67. The van der Waals surface area contributed by atoms with E-state index in [-0.39, 0.29) is 10.6 Å². The van der Waals surface area contributed by atoms with Gasteiger partial charge in [-0.1, -0.05) is 12.1 Å². The number of nitrogens with zero attached hydrogens (tertiary/aromatic N) is 2. The van der Waals surface area contributed by atoms with Crippen LogP contribution in [0.3, 0.4) is 0 Å². The zero-order chi connectivity index (χ0) is 23.9. The molecule has 0 heterocycles. The summed E-state index contributed by atoms with van der Waals surface area (Å²) < 4.78 is 31.6. The van der Waals surface area contributed by atoms with Crippen LogP contribution < -0.4 is 14.9 Å². The Morgan fingerprint density at radius 1 is 1.19 bits per heavy atom. The average Bonchev–Trinajstić information content (AvgIpc) is 2.76. The van der Waals surface area contributed by atoms with Crippen LogP contribution in [0.25, 0.3) is 0 Å². The lowest BCUT2D eigenvalue weighted by Crippen LogP contribution is -2.32. The van der Waals surface area contributed by atoms with Gasteiger partial charge in [-0.3, -0.25) is 19.7 Å². The van der Waals surface area contributed by atoms with E-state index in [9.17, 15) is 28.1 Å². The first-order valence-corrected chi connectivity index (χ1v) is 11.8. The predicted octanol–water partition coefficient (Wildman–Crippen LogP) is 1.84. The summed E-state index contributed by atoms with van der Waals surface area (Å²) in [5.74, 6) is -1.57. The molecule has 1 amide bonds. The number of sulfonamides is 1. The Morgan fingerprint density at radius 2 is 1.88 bits per heavy atom. The van der Waals surface area contributed by atoms with Gasteiger partial charge < -0.3 is 15.0 Å². The summed E-state index contributed by atoms with van der Waals surface area (Å²) in [5, 5.41) is 13.8. The van der Waals surface area contributed by atoms with Gasteiger partial charge in [-0.25, -0.2) is 8.42 Å². The van der Waals surface area contributed by atoms with Gasteiger partial charge in [0, 0.05) is 25.1 Å². The van der Waals surface area contributed by atoms with Crippen molar-refractivity contribution in [3.63, 3.8) is 0 Å². The Hall–Kier alpha value is -3.16. The average molecular weight is 483 g/mol. The van der Waals surface area contributed by atoms with E-state index in [0.717, 1.165) is 11.0 Å². The first-order chi connectivity index (χ1) is 15.0. The van der Waals surface area contributed by atoms with E-state index < -0.39 is 45.7 Å². The second-order valence-corrected chi connectivity index (χ2v) is 9.15. The van der Waals surface area contributed by atoms with Crippen molar-refractivity contribution < 1.29 is 27.7 Å². The summed E-state index contributed by atoms with van der Waals surface area (Å²) >= 11 is 1.43. The second kappa shape index (κ2) is 10.9. The van der Waals surface area contributed by atoms with Crippen molar-refractivity contribution in [2.24, 2.45) is 0 Å². The fourth-order valence-electron chi connectivity index (χ4n) is 2.56. The predicted molar refractivity (Wildman–Crippen MR) is 120 cm³/mol. The number of hydrogen-bond acceptors (Lipinski definition) is 9. The smallest absolute Gasteiger partial charge is 0.321 e. The standard InChI is InChI=1S/C19H22N4O7S2/c1-22(2)15-9-8-13(10-16(15)23(26)27)32(28,29)20-11-19(25)30-12-18(24)21-14-6-4-5-7-17(14)31-3/h4-10,20H,11-12H2,1-3H3,(H,21,24). The van der Waals surface area contributed by atoms with Crippen molar-refractivity contribution in [1.29, 1.82) is 0 Å².